The quantitative estimate of drug-likeness (QED) is 0.342. The number of rotatable bonds is 5. The van der Waals surface area contributed by atoms with Crippen LogP contribution in [0.25, 0.3) is 0 Å². The number of esters is 2. The molecule has 0 aromatic rings. The Morgan fingerprint density at radius 3 is 2.37 bits per heavy atom. The topological polar surface area (TPSA) is 143 Å². The molecule has 5 heterocycles. The Morgan fingerprint density at radius 2 is 1.78 bits per heavy atom. The molecule has 2 bridgehead atoms. The highest BCUT2D eigenvalue weighted by Gasteiger charge is 2.58. The van der Waals surface area contributed by atoms with Crippen molar-refractivity contribution in [2.24, 2.45) is 17.8 Å². The lowest BCUT2D eigenvalue weighted by Gasteiger charge is -2.52. The maximum atomic E-state index is 13.7. The Kier molecular flexibility index (Phi) is 11.4. The molecule has 0 amide bonds. The van der Waals surface area contributed by atoms with Crippen LogP contribution in [0.3, 0.4) is 0 Å². The second-order valence-electron chi connectivity index (χ2n) is 14.6. The average molecular weight is 657 g/mol. The zero-order valence-corrected chi connectivity index (χ0v) is 29.4. The first-order valence-corrected chi connectivity index (χ1v) is 16.7. The molecule has 1 unspecified atom stereocenters. The summed E-state index contributed by atoms with van der Waals surface area (Å²) in [5, 5.41) is 11.8. The van der Waals surface area contributed by atoms with Gasteiger partial charge in [-0.15, -0.1) is 0 Å². The third kappa shape index (κ3) is 7.34. The number of aliphatic hydroxyl groups is 1. The van der Waals surface area contributed by atoms with Crippen LogP contribution in [0.1, 0.15) is 81.6 Å². The third-order valence-corrected chi connectivity index (χ3v) is 10.6. The van der Waals surface area contributed by atoms with Crippen LogP contribution in [-0.4, -0.2) is 127 Å². The molecule has 5 saturated heterocycles. The fourth-order valence-corrected chi connectivity index (χ4v) is 7.99. The van der Waals surface area contributed by atoms with Crippen LogP contribution in [0, 0.1) is 17.8 Å². The van der Waals surface area contributed by atoms with E-state index in [9.17, 15) is 19.5 Å². The van der Waals surface area contributed by atoms with E-state index in [2.05, 4.69) is 11.8 Å². The molecule has 0 aromatic heterocycles. The highest BCUT2D eigenvalue weighted by Crippen LogP contribution is 2.42. The molecule has 13 nitrogen and oxygen atoms in total. The number of nitrogens with zero attached hydrogens (tertiary/aromatic N) is 2. The number of aliphatic hydroxyl groups excluding tert-OH is 1. The highest BCUT2D eigenvalue weighted by atomic mass is 16.8. The first-order valence-electron chi connectivity index (χ1n) is 16.7. The lowest BCUT2D eigenvalue weighted by atomic mass is 9.78. The SMILES string of the molecule is CC[C@H]1OC(=O)[C@H](C)[C@@H](O)[C@H](C)[C@@H](O[C@@H]2O[C@H](C)C[C@H](N(C)C)[C@H]2OC(C)=O)[C@@]2(C)C[C@@H](C)N(CO2)C[C@H](C)[C@H]2OC(=O)O[C@@]21C. The molecule has 5 aliphatic heterocycles. The monoisotopic (exact) mass is 656 g/mol. The molecule has 1 N–H and O–H groups in total. The van der Waals surface area contributed by atoms with Gasteiger partial charge in [0.05, 0.1) is 35.9 Å². The van der Waals surface area contributed by atoms with Crippen molar-refractivity contribution in [3.63, 3.8) is 0 Å². The second kappa shape index (κ2) is 14.2. The average Bonchev–Trinajstić information content (AvgIpc) is 3.29. The molecule has 0 radical (unpaired) electrons. The molecule has 46 heavy (non-hydrogen) atoms. The Bertz CT molecular complexity index is 1110. The van der Waals surface area contributed by atoms with Crippen molar-refractivity contribution < 1.29 is 52.6 Å². The van der Waals surface area contributed by atoms with Crippen LogP contribution in [-0.2, 0) is 42.7 Å². The van der Waals surface area contributed by atoms with Crippen LogP contribution in [0.15, 0.2) is 0 Å². The first-order chi connectivity index (χ1) is 21.4. The molecular formula is C33H56N2O11. The minimum absolute atomic E-state index is 0.00770. The van der Waals surface area contributed by atoms with Gasteiger partial charge in [0.15, 0.2) is 24.1 Å². The lowest BCUT2D eigenvalue weighted by Crippen LogP contribution is -2.63. The summed E-state index contributed by atoms with van der Waals surface area (Å²) in [5.74, 6) is -2.89. The number of likely N-dealkylation sites (N-methyl/N-ethyl adjacent to an activating group) is 1. The summed E-state index contributed by atoms with van der Waals surface area (Å²) < 4.78 is 43.0. The lowest BCUT2D eigenvalue weighted by molar-refractivity contribution is -0.314. The molecule has 264 valence electrons. The number of hydrogen-bond donors (Lipinski definition) is 1. The molecular weight excluding hydrogens is 600 g/mol. The van der Waals surface area contributed by atoms with E-state index >= 15 is 0 Å². The molecule has 5 aliphatic rings. The van der Waals surface area contributed by atoms with Gasteiger partial charge in [-0.2, -0.15) is 0 Å². The van der Waals surface area contributed by atoms with Crippen molar-refractivity contribution in [1.29, 1.82) is 0 Å². The minimum atomic E-state index is -1.22. The van der Waals surface area contributed by atoms with Gasteiger partial charge in [0, 0.05) is 31.3 Å². The predicted molar refractivity (Wildman–Crippen MR) is 165 cm³/mol. The molecule has 0 aliphatic carbocycles. The molecule has 0 spiro atoms. The Labute approximate surface area is 273 Å². The summed E-state index contributed by atoms with van der Waals surface area (Å²) in [6, 6.07) is -0.165. The van der Waals surface area contributed by atoms with E-state index in [1.54, 1.807) is 13.8 Å². The number of hydrogen-bond acceptors (Lipinski definition) is 13. The van der Waals surface area contributed by atoms with Crippen LogP contribution < -0.4 is 0 Å². The van der Waals surface area contributed by atoms with Crippen LogP contribution in [0.4, 0.5) is 4.79 Å². The van der Waals surface area contributed by atoms with Gasteiger partial charge in [-0.25, -0.2) is 4.79 Å². The van der Waals surface area contributed by atoms with E-state index in [0.29, 0.717) is 25.8 Å². The largest absolute Gasteiger partial charge is 0.509 e. The normalized spacial score (nSPS) is 47.2. The Balaban J connectivity index is 1.74. The van der Waals surface area contributed by atoms with Crippen molar-refractivity contribution in [2.45, 2.75) is 148 Å². The molecule has 0 saturated carbocycles. The maximum Gasteiger partial charge on any atom is 0.509 e. The summed E-state index contributed by atoms with van der Waals surface area (Å²) in [6.45, 7) is 17.2. The number of carbonyl (C=O) groups excluding carboxylic acids is 3. The standard InChI is InChI=1S/C33H56N2O11/c1-12-24-33(9)27(45-31(39)46-33)17(2)15-35-16-40-32(8,14-18(35)3)28(20(5)25(37)21(6)29(38)43-24)44-30-26(42-22(7)36)23(34(10)11)13-19(4)41-30/h17-21,23-28,30,37H,12-16H2,1-11H3/t17-,18+,19+,20-,21+,23-,24+,25-,26+,27+,28+,30-,32+,33+/m0/s1. The molecule has 15 atom stereocenters. The van der Waals surface area contributed by atoms with E-state index < -0.39 is 77.9 Å². The third-order valence-electron chi connectivity index (χ3n) is 10.6. The van der Waals surface area contributed by atoms with Crippen LogP contribution in [0.2, 0.25) is 0 Å². The van der Waals surface area contributed by atoms with Crippen LogP contribution in [0.5, 0.6) is 0 Å². The first kappa shape index (κ1) is 36.8. The van der Waals surface area contributed by atoms with E-state index in [-0.39, 0.29) is 30.8 Å². The van der Waals surface area contributed by atoms with E-state index in [0.717, 1.165) is 0 Å². The van der Waals surface area contributed by atoms with Gasteiger partial charge < -0.3 is 43.2 Å². The number of fused-ring (bicyclic) bond motifs is 9. The van der Waals surface area contributed by atoms with Crippen molar-refractivity contribution in [1.82, 2.24) is 9.80 Å². The van der Waals surface area contributed by atoms with Crippen molar-refractivity contribution in [3.05, 3.63) is 0 Å². The minimum Gasteiger partial charge on any atom is -0.458 e. The van der Waals surface area contributed by atoms with Crippen LogP contribution >= 0.6 is 0 Å². The molecule has 13 heteroatoms. The van der Waals surface area contributed by atoms with Gasteiger partial charge in [-0.05, 0) is 68.0 Å². The zero-order chi connectivity index (χ0) is 34.3. The Morgan fingerprint density at radius 1 is 1.11 bits per heavy atom. The predicted octanol–water partition coefficient (Wildman–Crippen LogP) is 3.09. The van der Waals surface area contributed by atoms with E-state index in [1.807, 2.05) is 53.6 Å². The maximum absolute atomic E-state index is 13.7. The Hall–Kier alpha value is -2.03. The molecule has 0 aromatic carbocycles. The van der Waals surface area contributed by atoms with Crippen molar-refractivity contribution in [3.8, 4) is 0 Å². The smallest absolute Gasteiger partial charge is 0.458 e. The van der Waals surface area contributed by atoms with Gasteiger partial charge in [0.1, 0.15) is 12.8 Å². The number of carbonyl (C=O) groups is 3. The van der Waals surface area contributed by atoms with Gasteiger partial charge >= 0.3 is 18.1 Å². The summed E-state index contributed by atoms with van der Waals surface area (Å²) in [5.41, 5.74) is -2.15. The highest BCUT2D eigenvalue weighted by molar-refractivity contribution is 5.73. The van der Waals surface area contributed by atoms with Crippen molar-refractivity contribution in [2.75, 3.05) is 27.4 Å². The fraction of sp³-hybridized carbons (Fsp3) is 0.909. The second-order valence-corrected chi connectivity index (χ2v) is 14.6. The summed E-state index contributed by atoms with van der Waals surface area (Å²) in [4.78, 5) is 42.5. The number of ether oxygens (including phenoxy) is 7. The van der Waals surface area contributed by atoms with Gasteiger partial charge in [0.25, 0.3) is 0 Å². The van der Waals surface area contributed by atoms with E-state index in [1.165, 1.54) is 6.92 Å². The van der Waals surface area contributed by atoms with E-state index in [4.69, 9.17) is 33.2 Å². The summed E-state index contributed by atoms with van der Waals surface area (Å²) in [6.07, 6.45) is -4.61. The zero-order valence-electron chi connectivity index (χ0n) is 29.4. The summed E-state index contributed by atoms with van der Waals surface area (Å²) >= 11 is 0. The van der Waals surface area contributed by atoms with Crippen molar-refractivity contribution >= 4 is 18.1 Å². The molecule has 5 fully saturated rings. The fourth-order valence-electron chi connectivity index (χ4n) is 7.99. The van der Waals surface area contributed by atoms with Gasteiger partial charge in [-0.1, -0.05) is 20.8 Å². The molecule has 5 rings (SSSR count). The summed E-state index contributed by atoms with van der Waals surface area (Å²) in [7, 11) is 3.85. The van der Waals surface area contributed by atoms with Gasteiger partial charge in [0.2, 0.25) is 0 Å². The van der Waals surface area contributed by atoms with Gasteiger partial charge in [-0.3, -0.25) is 14.5 Å².